The molecule has 0 aliphatic carbocycles. The number of unbranched alkanes of at least 4 members (excludes halogenated alkanes) is 3. The Balaban J connectivity index is 2.40. The maximum atomic E-state index is 5.93. The fourth-order valence-corrected chi connectivity index (χ4v) is 1.96. The van der Waals surface area contributed by atoms with E-state index in [1.165, 1.54) is 25.7 Å². The molecule has 1 aromatic heterocycles. The minimum absolute atomic E-state index is 0.243. The van der Waals surface area contributed by atoms with Crippen LogP contribution in [0.1, 0.15) is 51.5 Å². The molecule has 1 N–H and O–H groups in total. The molecule has 1 atom stereocenters. The minimum atomic E-state index is 0.243. The van der Waals surface area contributed by atoms with Crippen LogP contribution in [0.15, 0.2) is 18.3 Å². The zero-order valence-electron chi connectivity index (χ0n) is 11.9. The fourth-order valence-electron chi connectivity index (χ4n) is 1.96. The molecule has 1 unspecified atom stereocenters. The number of hydrogen-bond acceptors (Lipinski definition) is 3. The summed E-state index contributed by atoms with van der Waals surface area (Å²) in [5.74, 6) is 0.773. The summed E-state index contributed by atoms with van der Waals surface area (Å²) in [5, 5.41) is 3.14. The fraction of sp³-hybridized carbons (Fsp3) is 0.667. The minimum Gasteiger partial charge on any atom is -0.474 e. The van der Waals surface area contributed by atoms with Crippen LogP contribution < -0.4 is 10.1 Å². The molecule has 0 saturated carbocycles. The van der Waals surface area contributed by atoms with Gasteiger partial charge in [-0.2, -0.15) is 0 Å². The Hall–Kier alpha value is -1.09. The van der Waals surface area contributed by atoms with E-state index in [0.29, 0.717) is 0 Å². The van der Waals surface area contributed by atoms with E-state index in [-0.39, 0.29) is 6.10 Å². The van der Waals surface area contributed by atoms with E-state index >= 15 is 0 Å². The van der Waals surface area contributed by atoms with Crippen molar-refractivity contribution >= 4 is 0 Å². The van der Waals surface area contributed by atoms with E-state index in [4.69, 9.17) is 4.74 Å². The Kier molecular flexibility index (Phi) is 7.42. The Morgan fingerprint density at radius 1 is 1.33 bits per heavy atom. The lowest BCUT2D eigenvalue weighted by molar-refractivity contribution is 0.196. The van der Waals surface area contributed by atoms with Crippen molar-refractivity contribution in [3.8, 4) is 5.88 Å². The van der Waals surface area contributed by atoms with Gasteiger partial charge in [0.05, 0.1) is 6.10 Å². The first-order chi connectivity index (χ1) is 8.77. The Morgan fingerprint density at radius 3 is 2.89 bits per heavy atom. The number of nitrogens with zero attached hydrogens (tertiary/aromatic N) is 1. The second kappa shape index (κ2) is 8.92. The third-order valence-corrected chi connectivity index (χ3v) is 2.99. The van der Waals surface area contributed by atoms with Gasteiger partial charge in [-0.3, -0.25) is 0 Å². The van der Waals surface area contributed by atoms with Crippen LogP contribution in [0.3, 0.4) is 0 Å². The molecule has 0 saturated heterocycles. The highest BCUT2D eigenvalue weighted by molar-refractivity contribution is 5.25. The van der Waals surface area contributed by atoms with Crippen molar-refractivity contribution in [1.29, 1.82) is 0 Å². The molecule has 0 aliphatic rings. The molecule has 0 radical (unpaired) electrons. The SMILES string of the molecule is CCCCCCC(C)Oc1ncccc1CNC. The normalized spacial score (nSPS) is 12.4. The van der Waals surface area contributed by atoms with E-state index in [0.717, 1.165) is 24.4 Å². The number of aromatic nitrogens is 1. The van der Waals surface area contributed by atoms with Gasteiger partial charge >= 0.3 is 0 Å². The molecule has 0 amide bonds. The van der Waals surface area contributed by atoms with Gasteiger partial charge in [-0.1, -0.05) is 32.3 Å². The highest BCUT2D eigenvalue weighted by Crippen LogP contribution is 2.17. The molecular weight excluding hydrogens is 224 g/mol. The summed E-state index contributed by atoms with van der Waals surface area (Å²) < 4.78 is 5.93. The Labute approximate surface area is 111 Å². The molecule has 102 valence electrons. The van der Waals surface area contributed by atoms with Crippen molar-refractivity contribution in [3.63, 3.8) is 0 Å². The first-order valence-corrected chi connectivity index (χ1v) is 7.03. The lowest BCUT2D eigenvalue weighted by atomic mass is 10.1. The van der Waals surface area contributed by atoms with Crippen molar-refractivity contribution in [1.82, 2.24) is 10.3 Å². The predicted octanol–water partition coefficient (Wildman–Crippen LogP) is 3.54. The summed E-state index contributed by atoms with van der Waals surface area (Å²) in [6.07, 6.45) is 8.28. The smallest absolute Gasteiger partial charge is 0.218 e. The third kappa shape index (κ3) is 5.50. The second-order valence-corrected chi connectivity index (χ2v) is 4.78. The molecule has 0 spiro atoms. The molecule has 1 aromatic rings. The number of ether oxygens (including phenoxy) is 1. The predicted molar refractivity (Wildman–Crippen MR) is 75.8 cm³/mol. The molecular formula is C15H26N2O. The largest absolute Gasteiger partial charge is 0.474 e. The topological polar surface area (TPSA) is 34.1 Å². The first-order valence-electron chi connectivity index (χ1n) is 7.03. The number of hydrogen-bond donors (Lipinski definition) is 1. The van der Waals surface area contributed by atoms with Crippen LogP contribution in [0.4, 0.5) is 0 Å². The van der Waals surface area contributed by atoms with Gasteiger partial charge in [-0.25, -0.2) is 4.98 Å². The summed E-state index contributed by atoms with van der Waals surface area (Å²) in [7, 11) is 1.94. The summed E-state index contributed by atoms with van der Waals surface area (Å²) in [6, 6.07) is 4.01. The monoisotopic (exact) mass is 250 g/mol. The van der Waals surface area contributed by atoms with Gasteiger partial charge in [0.2, 0.25) is 5.88 Å². The zero-order valence-corrected chi connectivity index (χ0v) is 11.9. The molecule has 3 heteroatoms. The Bertz CT molecular complexity index is 328. The maximum absolute atomic E-state index is 5.93. The number of pyridine rings is 1. The lowest BCUT2D eigenvalue weighted by Gasteiger charge is -2.16. The molecule has 0 aromatic carbocycles. The van der Waals surface area contributed by atoms with Crippen molar-refractivity contribution in [2.45, 2.75) is 58.6 Å². The molecule has 0 aliphatic heterocycles. The van der Waals surface area contributed by atoms with E-state index in [1.807, 2.05) is 13.1 Å². The average molecular weight is 250 g/mol. The van der Waals surface area contributed by atoms with Gasteiger partial charge in [-0.05, 0) is 32.9 Å². The van der Waals surface area contributed by atoms with E-state index in [2.05, 4.69) is 30.2 Å². The van der Waals surface area contributed by atoms with E-state index < -0.39 is 0 Å². The van der Waals surface area contributed by atoms with Gasteiger partial charge in [0.15, 0.2) is 0 Å². The van der Waals surface area contributed by atoms with Gasteiger partial charge in [0.1, 0.15) is 0 Å². The van der Waals surface area contributed by atoms with Gasteiger partial charge in [0, 0.05) is 18.3 Å². The number of rotatable bonds is 9. The van der Waals surface area contributed by atoms with Crippen molar-refractivity contribution < 1.29 is 4.74 Å². The summed E-state index contributed by atoms with van der Waals surface area (Å²) in [4.78, 5) is 4.32. The van der Waals surface area contributed by atoms with Gasteiger partial charge < -0.3 is 10.1 Å². The van der Waals surface area contributed by atoms with Crippen LogP contribution in [0.25, 0.3) is 0 Å². The van der Waals surface area contributed by atoms with Crippen LogP contribution in [-0.4, -0.2) is 18.1 Å². The highest BCUT2D eigenvalue weighted by Gasteiger charge is 2.08. The maximum Gasteiger partial charge on any atom is 0.218 e. The van der Waals surface area contributed by atoms with Crippen LogP contribution in [0.2, 0.25) is 0 Å². The summed E-state index contributed by atoms with van der Waals surface area (Å²) >= 11 is 0. The van der Waals surface area contributed by atoms with Crippen molar-refractivity contribution in [3.05, 3.63) is 23.9 Å². The van der Waals surface area contributed by atoms with Crippen LogP contribution in [-0.2, 0) is 6.54 Å². The molecule has 1 rings (SSSR count). The highest BCUT2D eigenvalue weighted by atomic mass is 16.5. The van der Waals surface area contributed by atoms with Gasteiger partial charge in [-0.15, -0.1) is 0 Å². The third-order valence-electron chi connectivity index (χ3n) is 2.99. The van der Waals surface area contributed by atoms with Crippen molar-refractivity contribution in [2.75, 3.05) is 7.05 Å². The molecule has 18 heavy (non-hydrogen) atoms. The van der Waals surface area contributed by atoms with Crippen LogP contribution in [0.5, 0.6) is 5.88 Å². The first kappa shape index (κ1) is 15.0. The Morgan fingerprint density at radius 2 is 2.17 bits per heavy atom. The average Bonchev–Trinajstić information content (AvgIpc) is 2.37. The lowest BCUT2D eigenvalue weighted by Crippen LogP contribution is -2.15. The van der Waals surface area contributed by atoms with Crippen molar-refractivity contribution in [2.24, 2.45) is 0 Å². The molecule has 1 heterocycles. The van der Waals surface area contributed by atoms with E-state index in [1.54, 1.807) is 6.20 Å². The summed E-state index contributed by atoms with van der Waals surface area (Å²) in [5.41, 5.74) is 1.13. The number of nitrogens with one attached hydrogen (secondary N) is 1. The molecule has 3 nitrogen and oxygen atoms in total. The van der Waals surface area contributed by atoms with Crippen LogP contribution in [0, 0.1) is 0 Å². The quantitative estimate of drug-likeness (QED) is 0.681. The zero-order chi connectivity index (χ0) is 13.2. The molecule has 0 bridgehead atoms. The van der Waals surface area contributed by atoms with Gasteiger partial charge in [0.25, 0.3) is 0 Å². The molecule has 0 fully saturated rings. The van der Waals surface area contributed by atoms with E-state index in [9.17, 15) is 0 Å². The summed E-state index contributed by atoms with van der Waals surface area (Å²) in [6.45, 7) is 5.16. The van der Waals surface area contributed by atoms with Crippen LogP contribution >= 0.6 is 0 Å². The standard InChI is InChI=1S/C15H26N2O/c1-4-5-6-7-9-13(2)18-15-14(12-16-3)10-8-11-17-15/h8,10-11,13,16H,4-7,9,12H2,1-3H3. The second-order valence-electron chi connectivity index (χ2n) is 4.78.